The van der Waals surface area contributed by atoms with Crippen LogP contribution >= 0.6 is 11.6 Å². The van der Waals surface area contributed by atoms with Gasteiger partial charge in [-0.3, -0.25) is 9.59 Å². The van der Waals surface area contributed by atoms with Crippen LogP contribution in [-0.2, 0) is 14.3 Å². The van der Waals surface area contributed by atoms with Crippen LogP contribution in [-0.4, -0.2) is 31.4 Å². The van der Waals surface area contributed by atoms with Gasteiger partial charge in [0.2, 0.25) is 0 Å². The Kier molecular flexibility index (Phi) is 6.33. The highest BCUT2D eigenvalue weighted by Gasteiger charge is 2.11. The van der Waals surface area contributed by atoms with Gasteiger partial charge in [0.05, 0.1) is 16.3 Å². The molecule has 0 aliphatic heterocycles. The third-order valence-electron chi connectivity index (χ3n) is 2.90. The second-order valence-electron chi connectivity index (χ2n) is 4.63. The molecule has 24 heavy (non-hydrogen) atoms. The van der Waals surface area contributed by atoms with Crippen LogP contribution in [0.3, 0.4) is 0 Å². The van der Waals surface area contributed by atoms with Gasteiger partial charge in [-0.25, -0.2) is 4.79 Å². The summed E-state index contributed by atoms with van der Waals surface area (Å²) in [5, 5.41) is 2.90. The van der Waals surface area contributed by atoms with E-state index in [0.717, 1.165) is 0 Å². The number of ether oxygens (including phenoxy) is 2. The number of amides is 1. The number of esters is 1. The maximum Gasteiger partial charge on any atom is 0.344 e. The molecule has 0 aliphatic rings. The first-order chi connectivity index (χ1) is 11.6. The zero-order valence-corrected chi connectivity index (χ0v) is 13.3. The topological polar surface area (TPSA) is 81.7 Å². The predicted octanol–water partition coefficient (Wildman–Crippen LogP) is 2.71. The van der Waals surface area contributed by atoms with Crippen molar-refractivity contribution in [3.63, 3.8) is 0 Å². The molecule has 2 aromatic carbocycles. The molecule has 0 aromatic heterocycles. The fraction of sp³-hybridized carbons (Fsp3) is 0.118. The summed E-state index contributed by atoms with van der Waals surface area (Å²) in [5.74, 6) is -0.986. The number of nitrogens with one attached hydrogen (secondary N) is 1. The van der Waals surface area contributed by atoms with Crippen LogP contribution in [0.25, 0.3) is 0 Å². The van der Waals surface area contributed by atoms with Gasteiger partial charge in [0, 0.05) is 0 Å². The first-order valence-electron chi connectivity index (χ1n) is 6.97. The Hall–Kier alpha value is -2.86. The molecule has 0 heterocycles. The van der Waals surface area contributed by atoms with Crippen LogP contribution in [0.1, 0.15) is 10.4 Å². The van der Waals surface area contributed by atoms with Gasteiger partial charge in [0.25, 0.3) is 5.91 Å². The molecule has 0 saturated carbocycles. The minimum absolute atomic E-state index is 0.268. The molecular weight excluding hydrogens is 334 g/mol. The molecule has 2 rings (SSSR count). The maximum absolute atomic E-state index is 11.7. The molecule has 7 heteroatoms. The number of anilines is 1. The van der Waals surface area contributed by atoms with Gasteiger partial charge in [-0.1, -0.05) is 35.9 Å². The molecule has 0 bridgehead atoms. The molecule has 0 atom stereocenters. The van der Waals surface area contributed by atoms with Crippen LogP contribution in [0.5, 0.6) is 5.75 Å². The van der Waals surface area contributed by atoms with Gasteiger partial charge in [-0.15, -0.1) is 0 Å². The summed E-state index contributed by atoms with van der Waals surface area (Å²) in [6.45, 7) is -0.882. The fourth-order valence-corrected chi connectivity index (χ4v) is 1.97. The predicted molar refractivity (Wildman–Crippen MR) is 88.4 cm³/mol. The van der Waals surface area contributed by atoms with Crippen molar-refractivity contribution in [1.29, 1.82) is 0 Å². The van der Waals surface area contributed by atoms with Crippen molar-refractivity contribution in [2.24, 2.45) is 0 Å². The van der Waals surface area contributed by atoms with Crippen molar-refractivity contribution in [3.05, 3.63) is 59.1 Å². The number of halogens is 1. The zero-order chi connectivity index (χ0) is 17.4. The molecule has 0 radical (unpaired) electrons. The fourth-order valence-electron chi connectivity index (χ4n) is 1.78. The third-order valence-corrected chi connectivity index (χ3v) is 3.23. The van der Waals surface area contributed by atoms with Gasteiger partial charge in [0.1, 0.15) is 5.75 Å². The maximum atomic E-state index is 11.7. The van der Waals surface area contributed by atoms with Crippen molar-refractivity contribution < 1.29 is 23.9 Å². The second kappa shape index (κ2) is 8.69. The van der Waals surface area contributed by atoms with E-state index in [1.54, 1.807) is 48.5 Å². The Morgan fingerprint density at radius 1 is 1.04 bits per heavy atom. The number of rotatable bonds is 7. The normalized spacial score (nSPS) is 9.88. The molecule has 1 amide bonds. The van der Waals surface area contributed by atoms with E-state index in [4.69, 9.17) is 21.1 Å². The highest BCUT2D eigenvalue weighted by atomic mass is 35.5. The van der Waals surface area contributed by atoms with Crippen molar-refractivity contribution in [1.82, 2.24) is 0 Å². The summed E-state index contributed by atoms with van der Waals surface area (Å²) in [5.41, 5.74) is 0.748. The average molecular weight is 348 g/mol. The number of hydrogen-bond acceptors (Lipinski definition) is 5. The summed E-state index contributed by atoms with van der Waals surface area (Å²) < 4.78 is 10.0. The van der Waals surface area contributed by atoms with Crippen LogP contribution in [0, 0.1) is 0 Å². The van der Waals surface area contributed by atoms with E-state index in [9.17, 15) is 14.4 Å². The van der Waals surface area contributed by atoms with Gasteiger partial charge < -0.3 is 14.8 Å². The van der Waals surface area contributed by atoms with E-state index in [1.807, 2.05) is 0 Å². The summed E-state index contributed by atoms with van der Waals surface area (Å²) >= 11 is 5.91. The Morgan fingerprint density at radius 3 is 2.50 bits per heavy atom. The molecular formula is C17H14ClNO5. The van der Waals surface area contributed by atoms with Crippen molar-refractivity contribution >= 4 is 35.5 Å². The molecule has 0 aliphatic carbocycles. The van der Waals surface area contributed by atoms with E-state index in [-0.39, 0.29) is 5.75 Å². The number of carbonyl (C=O) groups is 3. The van der Waals surface area contributed by atoms with Crippen LogP contribution in [0.15, 0.2) is 48.5 Å². The molecule has 0 fully saturated rings. The molecule has 1 N–H and O–H groups in total. The third kappa shape index (κ3) is 5.10. The van der Waals surface area contributed by atoms with Gasteiger partial charge >= 0.3 is 5.97 Å². The Balaban J connectivity index is 1.78. The summed E-state index contributed by atoms with van der Waals surface area (Å²) in [6.07, 6.45) is 0.623. The summed E-state index contributed by atoms with van der Waals surface area (Å²) in [6, 6.07) is 13.2. The van der Waals surface area contributed by atoms with E-state index < -0.39 is 25.1 Å². The lowest BCUT2D eigenvalue weighted by Crippen LogP contribution is -2.23. The SMILES string of the molecule is O=Cc1ccccc1OCC(=O)OCC(=O)Nc1ccccc1Cl. The zero-order valence-electron chi connectivity index (χ0n) is 12.5. The second-order valence-corrected chi connectivity index (χ2v) is 5.04. The molecule has 124 valence electrons. The summed E-state index contributed by atoms with van der Waals surface area (Å²) in [7, 11) is 0. The standard InChI is InChI=1S/C17H14ClNO5/c18-13-6-2-3-7-14(13)19-16(21)10-24-17(22)11-23-15-8-4-1-5-12(15)9-20/h1-9H,10-11H2,(H,19,21). The Bertz CT molecular complexity index is 747. The van der Waals surface area contributed by atoms with Crippen molar-refractivity contribution in [2.75, 3.05) is 18.5 Å². The van der Waals surface area contributed by atoms with Crippen molar-refractivity contribution in [2.45, 2.75) is 0 Å². The Labute approximate surface area is 143 Å². The van der Waals surface area contributed by atoms with Gasteiger partial charge in [-0.2, -0.15) is 0 Å². The largest absolute Gasteiger partial charge is 0.481 e. The molecule has 0 saturated heterocycles. The van der Waals surface area contributed by atoms with E-state index >= 15 is 0 Å². The van der Waals surface area contributed by atoms with Crippen LogP contribution in [0.2, 0.25) is 5.02 Å². The smallest absolute Gasteiger partial charge is 0.344 e. The molecule has 2 aromatic rings. The lowest BCUT2D eigenvalue weighted by atomic mass is 10.2. The summed E-state index contributed by atoms with van der Waals surface area (Å²) in [4.78, 5) is 34.1. The average Bonchev–Trinajstić information content (AvgIpc) is 2.60. The number of benzene rings is 2. The van der Waals surface area contributed by atoms with Crippen LogP contribution < -0.4 is 10.1 Å². The van der Waals surface area contributed by atoms with E-state index in [1.165, 1.54) is 0 Å². The lowest BCUT2D eigenvalue weighted by molar-refractivity contribution is -0.149. The minimum Gasteiger partial charge on any atom is -0.481 e. The monoisotopic (exact) mass is 347 g/mol. The Morgan fingerprint density at radius 2 is 1.75 bits per heavy atom. The molecule has 6 nitrogen and oxygen atoms in total. The van der Waals surface area contributed by atoms with Gasteiger partial charge in [-0.05, 0) is 24.3 Å². The first-order valence-corrected chi connectivity index (χ1v) is 7.35. The lowest BCUT2D eigenvalue weighted by Gasteiger charge is -2.09. The minimum atomic E-state index is -0.731. The molecule has 0 spiro atoms. The van der Waals surface area contributed by atoms with Gasteiger partial charge in [0.15, 0.2) is 19.5 Å². The highest BCUT2D eigenvalue weighted by molar-refractivity contribution is 6.33. The number of para-hydroxylation sites is 2. The quantitative estimate of drug-likeness (QED) is 0.615. The molecule has 0 unspecified atom stereocenters. The number of hydrogen-bond donors (Lipinski definition) is 1. The first kappa shape index (κ1) is 17.5. The number of carbonyl (C=O) groups excluding carboxylic acids is 3. The highest BCUT2D eigenvalue weighted by Crippen LogP contribution is 2.20. The van der Waals surface area contributed by atoms with Crippen LogP contribution in [0.4, 0.5) is 5.69 Å². The number of aldehydes is 1. The van der Waals surface area contributed by atoms with E-state index in [0.29, 0.717) is 22.6 Å². The van der Waals surface area contributed by atoms with Crippen molar-refractivity contribution in [3.8, 4) is 5.75 Å². The van der Waals surface area contributed by atoms with E-state index in [2.05, 4.69) is 5.32 Å².